The van der Waals surface area contributed by atoms with Crippen molar-refractivity contribution in [3.63, 3.8) is 0 Å². The maximum Gasteiger partial charge on any atom is 0.255 e. The van der Waals surface area contributed by atoms with Gasteiger partial charge in [0.25, 0.3) is 5.91 Å². The van der Waals surface area contributed by atoms with Gasteiger partial charge >= 0.3 is 0 Å². The van der Waals surface area contributed by atoms with Crippen LogP contribution in [0.3, 0.4) is 0 Å². The van der Waals surface area contributed by atoms with Gasteiger partial charge in [-0.15, -0.1) is 0 Å². The minimum absolute atomic E-state index is 0.0825. The predicted molar refractivity (Wildman–Crippen MR) is 130 cm³/mol. The largest absolute Gasteiger partial charge is 0.338 e. The molecule has 5 nitrogen and oxygen atoms in total. The van der Waals surface area contributed by atoms with E-state index in [-0.39, 0.29) is 11.7 Å². The molecule has 0 atom stereocenters. The number of H-pyrrole nitrogens is 1. The summed E-state index contributed by atoms with van der Waals surface area (Å²) in [5.74, 6) is 0.635. The van der Waals surface area contributed by atoms with Crippen LogP contribution in [0.15, 0.2) is 103 Å². The lowest BCUT2D eigenvalue weighted by Crippen LogP contribution is -2.11. The Morgan fingerprint density at radius 1 is 0.758 bits per heavy atom. The van der Waals surface area contributed by atoms with Crippen LogP contribution in [0.1, 0.15) is 26.3 Å². The average Bonchev–Trinajstić information content (AvgIpc) is 3.29. The van der Waals surface area contributed by atoms with Crippen LogP contribution in [0, 0.1) is 0 Å². The highest BCUT2D eigenvalue weighted by molar-refractivity contribution is 6.04. The van der Waals surface area contributed by atoms with Gasteiger partial charge in [-0.25, -0.2) is 4.98 Å². The number of nitrogens with one attached hydrogen (secondary N) is 2. The number of hydrogen-bond donors (Lipinski definition) is 2. The Hall–Kier alpha value is -4.51. The van der Waals surface area contributed by atoms with E-state index in [9.17, 15) is 9.59 Å². The van der Waals surface area contributed by atoms with Crippen LogP contribution < -0.4 is 5.32 Å². The molecule has 0 spiro atoms. The molecule has 0 fully saturated rings. The highest BCUT2D eigenvalue weighted by Crippen LogP contribution is 2.23. The molecule has 0 unspecified atom stereocenters. The summed E-state index contributed by atoms with van der Waals surface area (Å²) < 4.78 is 0. The number of aromatic nitrogens is 2. The molecule has 1 amide bonds. The molecule has 0 saturated carbocycles. The molecule has 5 rings (SSSR count). The molecule has 0 radical (unpaired) electrons. The summed E-state index contributed by atoms with van der Waals surface area (Å²) in [4.78, 5) is 33.0. The van der Waals surface area contributed by atoms with E-state index >= 15 is 0 Å². The zero-order chi connectivity index (χ0) is 22.6. The lowest BCUT2D eigenvalue weighted by Gasteiger charge is -2.05. The Morgan fingerprint density at radius 3 is 2.18 bits per heavy atom. The third-order valence-corrected chi connectivity index (χ3v) is 5.46. The molecular formula is C28H21N3O2. The smallest absolute Gasteiger partial charge is 0.255 e. The first-order valence-electron chi connectivity index (χ1n) is 10.7. The predicted octanol–water partition coefficient (Wildman–Crippen LogP) is 5.91. The summed E-state index contributed by atoms with van der Waals surface area (Å²) in [6.45, 7) is 0. The van der Waals surface area contributed by atoms with E-state index in [2.05, 4.69) is 15.3 Å². The van der Waals surface area contributed by atoms with E-state index in [0.717, 1.165) is 27.8 Å². The second-order valence-corrected chi connectivity index (χ2v) is 7.80. The minimum Gasteiger partial charge on any atom is -0.338 e. The normalized spacial score (nSPS) is 10.8. The van der Waals surface area contributed by atoms with Gasteiger partial charge in [0.2, 0.25) is 0 Å². The lowest BCUT2D eigenvalue weighted by molar-refractivity contribution is 0.0991. The van der Waals surface area contributed by atoms with Crippen molar-refractivity contribution in [3.8, 4) is 11.4 Å². The summed E-state index contributed by atoms with van der Waals surface area (Å²) in [5, 5.41) is 2.88. The van der Waals surface area contributed by atoms with Gasteiger partial charge in [0, 0.05) is 28.8 Å². The van der Waals surface area contributed by atoms with Crippen LogP contribution in [-0.4, -0.2) is 21.7 Å². The number of fused-ring (bicyclic) bond motifs is 1. The maximum atomic E-state index is 12.5. The number of carbonyl (C=O) groups is 2. The molecule has 0 aliphatic heterocycles. The third kappa shape index (κ3) is 4.57. The second kappa shape index (κ2) is 8.93. The fraction of sp³-hybridized carbons (Fsp3) is 0.0357. The number of amides is 1. The third-order valence-electron chi connectivity index (χ3n) is 5.46. The Balaban J connectivity index is 1.32. The van der Waals surface area contributed by atoms with E-state index in [1.165, 1.54) is 0 Å². The van der Waals surface area contributed by atoms with Crippen LogP contribution in [0.4, 0.5) is 5.69 Å². The van der Waals surface area contributed by atoms with Crippen LogP contribution >= 0.6 is 0 Å². The van der Waals surface area contributed by atoms with Gasteiger partial charge in [-0.2, -0.15) is 0 Å². The van der Waals surface area contributed by atoms with E-state index in [1.807, 2.05) is 91.0 Å². The molecule has 160 valence electrons. The van der Waals surface area contributed by atoms with Gasteiger partial charge in [0.05, 0.1) is 11.0 Å². The van der Waals surface area contributed by atoms with Gasteiger partial charge in [-0.05, 0) is 42.0 Å². The number of benzene rings is 4. The van der Waals surface area contributed by atoms with Crippen molar-refractivity contribution >= 4 is 28.4 Å². The molecule has 4 aromatic carbocycles. The molecule has 0 aliphatic rings. The van der Waals surface area contributed by atoms with Crippen molar-refractivity contribution in [2.75, 3.05) is 5.32 Å². The molecule has 1 aromatic heterocycles. The number of Topliss-reactive ketones (excluding diaryl/α,β-unsaturated/α-hetero) is 1. The maximum absolute atomic E-state index is 12.5. The Kier molecular flexibility index (Phi) is 5.52. The topological polar surface area (TPSA) is 74.8 Å². The number of ketones is 1. The quantitative estimate of drug-likeness (QED) is 0.328. The fourth-order valence-electron chi connectivity index (χ4n) is 3.72. The average molecular weight is 431 g/mol. The van der Waals surface area contributed by atoms with E-state index in [0.29, 0.717) is 23.4 Å². The van der Waals surface area contributed by atoms with Gasteiger partial charge in [0.1, 0.15) is 5.82 Å². The van der Waals surface area contributed by atoms with Crippen molar-refractivity contribution in [1.29, 1.82) is 0 Å². The molecule has 0 aliphatic carbocycles. The summed E-state index contributed by atoms with van der Waals surface area (Å²) >= 11 is 0. The van der Waals surface area contributed by atoms with Crippen LogP contribution in [-0.2, 0) is 6.42 Å². The van der Waals surface area contributed by atoms with Crippen molar-refractivity contribution < 1.29 is 9.59 Å². The van der Waals surface area contributed by atoms with Crippen molar-refractivity contribution in [2.24, 2.45) is 0 Å². The Labute approximate surface area is 191 Å². The van der Waals surface area contributed by atoms with E-state index in [4.69, 9.17) is 0 Å². The number of carbonyl (C=O) groups excluding carboxylic acids is 2. The van der Waals surface area contributed by atoms with Gasteiger partial charge < -0.3 is 10.3 Å². The first-order chi connectivity index (χ1) is 16.2. The first kappa shape index (κ1) is 20.4. The summed E-state index contributed by atoms with van der Waals surface area (Å²) in [6.07, 6.45) is 0.333. The standard InChI is InChI=1S/C28H21N3O2/c32-26(20-7-3-1-4-8-20)18-19-11-16-24-25(17-19)31-27(30-24)21-12-14-22(15-13-21)28(33)29-23-9-5-2-6-10-23/h1-17H,18H2,(H,29,33)(H,30,31). The van der Waals surface area contributed by atoms with Crippen molar-refractivity contribution in [1.82, 2.24) is 9.97 Å². The number of imidazole rings is 1. The van der Waals surface area contributed by atoms with Crippen molar-refractivity contribution in [2.45, 2.75) is 6.42 Å². The monoisotopic (exact) mass is 431 g/mol. The fourth-order valence-corrected chi connectivity index (χ4v) is 3.72. The number of nitrogens with zero attached hydrogens (tertiary/aromatic N) is 1. The summed E-state index contributed by atoms with van der Waals surface area (Å²) in [6, 6.07) is 31.8. The number of rotatable bonds is 6. The number of para-hydroxylation sites is 1. The van der Waals surface area contributed by atoms with E-state index in [1.54, 1.807) is 12.1 Å². The summed E-state index contributed by atoms with van der Waals surface area (Å²) in [5.41, 5.74) is 5.54. The van der Waals surface area contributed by atoms with Gasteiger partial charge in [-0.3, -0.25) is 9.59 Å². The van der Waals surface area contributed by atoms with Gasteiger partial charge in [0.15, 0.2) is 5.78 Å². The minimum atomic E-state index is -0.162. The van der Waals surface area contributed by atoms with Crippen LogP contribution in [0.5, 0.6) is 0 Å². The molecule has 33 heavy (non-hydrogen) atoms. The molecule has 5 aromatic rings. The molecule has 2 N–H and O–H groups in total. The zero-order valence-electron chi connectivity index (χ0n) is 17.8. The molecular weight excluding hydrogens is 410 g/mol. The summed E-state index contributed by atoms with van der Waals surface area (Å²) in [7, 11) is 0. The number of anilines is 1. The van der Waals surface area contributed by atoms with Crippen LogP contribution in [0.2, 0.25) is 0 Å². The molecule has 1 heterocycles. The molecule has 0 bridgehead atoms. The molecule has 5 heteroatoms. The molecule has 0 saturated heterocycles. The highest BCUT2D eigenvalue weighted by atomic mass is 16.1. The number of hydrogen-bond acceptors (Lipinski definition) is 3. The Morgan fingerprint density at radius 2 is 1.45 bits per heavy atom. The second-order valence-electron chi connectivity index (χ2n) is 7.80. The zero-order valence-corrected chi connectivity index (χ0v) is 17.8. The van der Waals surface area contributed by atoms with E-state index < -0.39 is 0 Å². The Bertz CT molecular complexity index is 1420. The number of aromatic amines is 1. The van der Waals surface area contributed by atoms with Crippen molar-refractivity contribution in [3.05, 3.63) is 120 Å². The SMILES string of the molecule is O=C(Cc1ccc2nc(-c3ccc(C(=O)Nc4ccccc4)cc3)[nH]c2c1)c1ccccc1. The lowest BCUT2D eigenvalue weighted by atomic mass is 10.0. The highest BCUT2D eigenvalue weighted by Gasteiger charge is 2.11. The van der Waals surface area contributed by atoms with Gasteiger partial charge in [-0.1, -0.05) is 66.7 Å². The van der Waals surface area contributed by atoms with Crippen LogP contribution in [0.25, 0.3) is 22.4 Å². The first-order valence-corrected chi connectivity index (χ1v) is 10.7.